The van der Waals surface area contributed by atoms with Crippen LogP contribution in [0.25, 0.3) is 0 Å². The second-order valence-corrected chi connectivity index (χ2v) is 7.81. The number of rotatable bonds is 4. The summed E-state index contributed by atoms with van der Waals surface area (Å²) >= 11 is 3.26. The summed E-state index contributed by atoms with van der Waals surface area (Å²) in [5.74, 6) is 0. The van der Waals surface area contributed by atoms with E-state index in [-0.39, 0.29) is 6.54 Å². The summed E-state index contributed by atoms with van der Waals surface area (Å²) in [4.78, 5) is -0.743. The van der Waals surface area contributed by atoms with E-state index in [0.717, 1.165) is 27.0 Å². The second kappa shape index (κ2) is 6.62. The average molecular weight is 408 g/mol. The van der Waals surface area contributed by atoms with Crippen molar-refractivity contribution in [2.75, 3.05) is 7.05 Å². The predicted octanol–water partition coefficient (Wildman–Crippen LogP) is 4.29. The molecule has 0 unspecified atom stereocenters. The number of benzene rings is 2. The Kier molecular flexibility index (Phi) is 5.17. The highest BCUT2D eigenvalue weighted by Gasteiger charge is 2.38. The van der Waals surface area contributed by atoms with Gasteiger partial charge in [0, 0.05) is 18.1 Å². The van der Waals surface area contributed by atoms with Gasteiger partial charge in [0.15, 0.2) is 0 Å². The van der Waals surface area contributed by atoms with Gasteiger partial charge in [-0.2, -0.15) is 17.5 Å². The summed E-state index contributed by atoms with van der Waals surface area (Å²) in [7, 11) is -3.00. The van der Waals surface area contributed by atoms with Crippen LogP contribution in [0.3, 0.4) is 0 Å². The summed E-state index contributed by atoms with van der Waals surface area (Å²) in [5, 5.41) is 0. The third-order valence-corrected chi connectivity index (χ3v) is 5.59. The Morgan fingerprint density at radius 2 is 1.61 bits per heavy atom. The van der Waals surface area contributed by atoms with Gasteiger partial charge in [0.25, 0.3) is 0 Å². The number of hydrogen-bond donors (Lipinski definition) is 0. The van der Waals surface area contributed by atoms with Gasteiger partial charge in [-0.15, -0.1) is 0 Å². The highest BCUT2D eigenvalue weighted by atomic mass is 79.9. The number of sulfonamides is 1. The molecule has 0 radical (unpaired) electrons. The normalized spacial score (nSPS) is 12.6. The highest BCUT2D eigenvalue weighted by molar-refractivity contribution is 9.10. The van der Waals surface area contributed by atoms with Crippen LogP contribution in [0.5, 0.6) is 0 Å². The smallest absolute Gasteiger partial charge is 0.207 e. The van der Waals surface area contributed by atoms with Crippen molar-refractivity contribution in [1.29, 1.82) is 0 Å². The van der Waals surface area contributed by atoms with Gasteiger partial charge in [-0.3, -0.25) is 0 Å². The molecule has 0 aliphatic rings. The molecule has 2 aromatic carbocycles. The lowest BCUT2D eigenvalue weighted by Crippen LogP contribution is -2.28. The molecular weight excluding hydrogens is 395 g/mol. The van der Waals surface area contributed by atoms with Crippen molar-refractivity contribution in [3.05, 3.63) is 64.1 Å². The van der Waals surface area contributed by atoms with Crippen molar-refractivity contribution in [2.45, 2.75) is 17.6 Å². The number of nitrogens with zero attached hydrogens (tertiary/aromatic N) is 1. The molecule has 0 bridgehead atoms. The Labute approximate surface area is 140 Å². The lowest BCUT2D eigenvalue weighted by molar-refractivity contribution is -0.139. The van der Waals surface area contributed by atoms with E-state index in [0.29, 0.717) is 5.56 Å². The Morgan fingerprint density at radius 1 is 1.04 bits per heavy atom. The van der Waals surface area contributed by atoms with E-state index in [1.807, 2.05) is 0 Å². The van der Waals surface area contributed by atoms with Crippen LogP contribution in [-0.4, -0.2) is 19.8 Å². The maximum atomic E-state index is 13.0. The monoisotopic (exact) mass is 407 g/mol. The molecule has 2 aromatic rings. The summed E-state index contributed by atoms with van der Waals surface area (Å²) in [6.45, 7) is -0.0260. The largest absolute Gasteiger partial charge is 0.417 e. The highest BCUT2D eigenvalue weighted by Crippen LogP contribution is 2.35. The van der Waals surface area contributed by atoms with E-state index in [2.05, 4.69) is 15.9 Å². The first-order valence-corrected chi connectivity index (χ1v) is 8.72. The molecule has 0 saturated carbocycles. The fraction of sp³-hybridized carbons (Fsp3) is 0.200. The van der Waals surface area contributed by atoms with Crippen LogP contribution in [-0.2, 0) is 22.7 Å². The van der Waals surface area contributed by atoms with Crippen LogP contribution >= 0.6 is 15.9 Å². The SMILES string of the molecule is CN(Cc1ccc(Br)cc1)S(=O)(=O)c1ccccc1C(F)(F)F. The van der Waals surface area contributed by atoms with E-state index in [1.165, 1.54) is 13.1 Å². The van der Waals surface area contributed by atoms with Crippen molar-refractivity contribution in [2.24, 2.45) is 0 Å². The average Bonchev–Trinajstić information content (AvgIpc) is 2.48. The maximum Gasteiger partial charge on any atom is 0.417 e. The Balaban J connectivity index is 2.37. The predicted molar refractivity (Wildman–Crippen MR) is 84.2 cm³/mol. The van der Waals surface area contributed by atoms with Crippen LogP contribution in [0.2, 0.25) is 0 Å². The standard InChI is InChI=1S/C15H13BrF3NO2S/c1-20(10-11-6-8-12(16)9-7-11)23(21,22)14-5-3-2-4-13(14)15(17,18)19/h2-9H,10H2,1H3. The van der Waals surface area contributed by atoms with E-state index in [9.17, 15) is 21.6 Å². The quantitative estimate of drug-likeness (QED) is 0.757. The van der Waals surface area contributed by atoms with Crippen molar-refractivity contribution >= 4 is 26.0 Å². The Morgan fingerprint density at radius 3 is 2.17 bits per heavy atom. The van der Waals surface area contributed by atoms with Gasteiger partial charge < -0.3 is 0 Å². The summed E-state index contributed by atoms with van der Waals surface area (Å²) in [6.07, 6.45) is -4.73. The molecule has 0 aliphatic carbocycles. The fourth-order valence-electron chi connectivity index (χ4n) is 2.03. The summed E-state index contributed by atoms with van der Waals surface area (Å²) in [5.41, 5.74) is -0.494. The molecule has 8 heteroatoms. The van der Waals surface area contributed by atoms with Crippen molar-refractivity contribution in [3.8, 4) is 0 Å². The summed E-state index contributed by atoms with van der Waals surface area (Å²) < 4.78 is 65.8. The zero-order valence-corrected chi connectivity index (χ0v) is 14.4. The first-order valence-electron chi connectivity index (χ1n) is 6.49. The Hall–Kier alpha value is -1.38. The molecular formula is C15H13BrF3NO2S. The molecule has 0 heterocycles. The van der Waals surface area contributed by atoms with Crippen LogP contribution in [0.1, 0.15) is 11.1 Å². The van der Waals surface area contributed by atoms with Gasteiger partial charge >= 0.3 is 6.18 Å². The van der Waals surface area contributed by atoms with Gasteiger partial charge in [-0.05, 0) is 29.8 Å². The third-order valence-electron chi connectivity index (χ3n) is 3.20. The number of halogens is 4. The second-order valence-electron chi connectivity index (χ2n) is 4.88. The zero-order valence-electron chi connectivity index (χ0n) is 12.0. The molecule has 0 N–H and O–H groups in total. The molecule has 0 saturated heterocycles. The minimum absolute atomic E-state index is 0.0260. The molecule has 0 aliphatic heterocycles. The van der Waals surface area contributed by atoms with Crippen LogP contribution < -0.4 is 0 Å². The first kappa shape index (κ1) is 18.0. The van der Waals surface area contributed by atoms with Crippen LogP contribution in [0.15, 0.2) is 57.9 Å². The van der Waals surface area contributed by atoms with Crippen molar-refractivity contribution < 1.29 is 21.6 Å². The third kappa shape index (κ3) is 4.13. The molecule has 3 nitrogen and oxygen atoms in total. The van der Waals surface area contributed by atoms with Gasteiger partial charge in [-0.25, -0.2) is 8.42 Å². The van der Waals surface area contributed by atoms with Crippen molar-refractivity contribution in [3.63, 3.8) is 0 Å². The summed E-state index contributed by atoms with van der Waals surface area (Å²) in [6, 6.07) is 11.0. The van der Waals surface area contributed by atoms with Gasteiger partial charge in [0.05, 0.1) is 10.5 Å². The molecule has 0 amide bonds. The maximum absolute atomic E-state index is 13.0. The van der Waals surface area contributed by atoms with Crippen LogP contribution in [0.4, 0.5) is 13.2 Å². The number of hydrogen-bond acceptors (Lipinski definition) is 2. The molecule has 124 valence electrons. The topological polar surface area (TPSA) is 37.4 Å². The first-order chi connectivity index (χ1) is 10.6. The minimum atomic E-state index is -4.73. The molecule has 0 spiro atoms. The fourth-order valence-corrected chi connectivity index (χ4v) is 3.66. The molecule has 23 heavy (non-hydrogen) atoms. The van der Waals surface area contributed by atoms with Gasteiger partial charge in [0.2, 0.25) is 10.0 Å². The van der Waals surface area contributed by atoms with E-state index < -0.39 is 26.7 Å². The van der Waals surface area contributed by atoms with E-state index in [1.54, 1.807) is 24.3 Å². The minimum Gasteiger partial charge on any atom is -0.207 e. The number of alkyl halides is 3. The lowest BCUT2D eigenvalue weighted by atomic mass is 10.2. The van der Waals surface area contributed by atoms with Crippen LogP contribution in [0, 0.1) is 0 Å². The van der Waals surface area contributed by atoms with Crippen molar-refractivity contribution in [1.82, 2.24) is 4.31 Å². The Bertz CT molecular complexity index is 789. The zero-order chi connectivity index (χ0) is 17.3. The van der Waals surface area contributed by atoms with E-state index >= 15 is 0 Å². The van der Waals surface area contributed by atoms with Gasteiger partial charge in [-0.1, -0.05) is 40.2 Å². The van der Waals surface area contributed by atoms with Gasteiger partial charge in [0.1, 0.15) is 0 Å². The molecule has 0 fully saturated rings. The molecule has 2 rings (SSSR count). The molecule has 0 atom stereocenters. The molecule has 0 aromatic heterocycles. The van der Waals surface area contributed by atoms with E-state index in [4.69, 9.17) is 0 Å². The lowest BCUT2D eigenvalue weighted by Gasteiger charge is -2.20.